The van der Waals surface area contributed by atoms with Gasteiger partial charge in [0, 0.05) is 17.3 Å². The van der Waals surface area contributed by atoms with Crippen LogP contribution in [0.3, 0.4) is 0 Å². The summed E-state index contributed by atoms with van der Waals surface area (Å²) in [4.78, 5) is 0.172. The fraction of sp³-hybridized carbons (Fsp3) is 0.238. The number of methoxy groups -OCH3 is 1. The molecule has 1 N–H and O–H groups in total. The van der Waals surface area contributed by atoms with E-state index in [9.17, 15) is 8.42 Å². The third-order valence-electron chi connectivity index (χ3n) is 4.18. The van der Waals surface area contributed by atoms with Gasteiger partial charge in [0.05, 0.1) is 24.3 Å². The zero-order valence-electron chi connectivity index (χ0n) is 16.3. The highest BCUT2D eigenvalue weighted by Crippen LogP contribution is 2.23. The van der Waals surface area contributed by atoms with Crippen molar-refractivity contribution in [3.63, 3.8) is 0 Å². The molecule has 3 rings (SSSR count). The molecule has 0 aliphatic rings. The predicted molar refractivity (Wildman–Crippen MR) is 112 cm³/mol. The second kappa shape index (κ2) is 9.38. The largest absolute Gasteiger partial charge is 0.494 e. The molecule has 0 saturated carbocycles. The number of rotatable bonds is 9. The molecule has 1 aromatic heterocycles. The first kappa shape index (κ1) is 20.6. The first-order valence-corrected chi connectivity index (χ1v) is 10.7. The average molecular weight is 413 g/mol. The second-order valence-corrected chi connectivity index (χ2v) is 8.00. The number of benzene rings is 2. The van der Waals surface area contributed by atoms with Gasteiger partial charge in [0.1, 0.15) is 5.75 Å². The van der Waals surface area contributed by atoms with Gasteiger partial charge in [-0.1, -0.05) is 25.5 Å². The van der Waals surface area contributed by atoms with Gasteiger partial charge < -0.3 is 9.47 Å². The summed E-state index contributed by atoms with van der Waals surface area (Å²) in [5, 5.41) is 8.01. The van der Waals surface area contributed by atoms with Gasteiger partial charge in [-0.2, -0.15) is 0 Å². The van der Waals surface area contributed by atoms with E-state index < -0.39 is 10.0 Å². The zero-order chi connectivity index (χ0) is 20.7. The highest BCUT2D eigenvalue weighted by molar-refractivity contribution is 7.92. The number of anilines is 1. The van der Waals surface area contributed by atoms with E-state index in [1.165, 1.54) is 19.2 Å². The van der Waals surface area contributed by atoms with Crippen LogP contribution in [0.5, 0.6) is 11.6 Å². The van der Waals surface area contributed by atoms with E-state index in [0.717, 1.165) is 18.4 Å². The van der Waals surface area contributed by atoms with Crippen molar-refractivity contribution in [3.05, 3.63) is 60.7 Å². The Hall–Kier alpha value is -3.13. The molecule has 1 heterocycles. The van der Waals surface area contributed by atoms with Crippen molar-refractivity contribution >= 4 is 15.7 Å². The molecule has 29 heavy (non-hydrogen) atoms. The Morgan fingerprint density at radius 3 is 2.24 bits per heavy atom. The molecule has 2 aromatic carbocycles. The van der Waals surface area contributed by atoms with Crippen LogP contribution >= 0.6 is 0 Å². The number of hydrogen-bond donors (Lipinski definition) is 1. The van der Waals surface area contributed by atoms with Crippen LogP contribution in [0.1, 0.15) is 19.8 Å². The van der Waals surface area contributed by atoms with Crippen LogP contribution in [-0.2, 0) is 10.0 Å². The summed E-state index contributed by atoms with van der Waals surface area (Å²) in [5.74, 6) is 1.09. The molecule has 0 aliphatic heterocycles. The highest BCUT2D eigenvalue weighted by atomic mass is 32.2. The third kappa shape index (κ3) is 5.45. The van der Waals surface area contributed by atoms with Crippen molar-refractivity contribution < 1.29 is 17.9 Å². The number of sulfonamides is 1. The number of nitrogens with one attached hydrogen (secondary N) is 1. The monoisotopic (exact) mass is 413 g/mol. The zero-order valence-corrected chi connectivity index (χ0v) is 17.1. The number of ether oxygens (including phenoxy) is 2. The van der Waals surface area contributed by atoms with Gasteiger partial charge in [0.2, 0.25) is 5.88 Å². The van der Waals surface area contributed by atoms with Crippen LogP contribution in [0, 0.1) is 0 Å². The van der Waals surface area contributed by atoms with Crippen LogP contribution < -0.4 is 14.2 Å². The van der Waals surface area contributed by atoms with Crippen molar-refractivity contribution in [1.82, 2.24) is 10.2 Å². The Morgan fingerprint density at radius 1 is 0.931 bits per heavy atom. The molecule has 0 amide bonds. The maximum atomic E-state index is 12.6. The fourth-order valence-electron chi connectivity index (χ4n) is 2.56. The second-order valence-electron chi connectivity index (χ2n) is 6.32. The Balaban J connectivity index is 1.68. The normalized spacial score (nSPS) is 11.1. The maximum absolute atomic E-state index is 12.6. The van der Waals surface area contributed by atoms with Gasteiger partial charge in [0.25, 0.3) is 10.0 Å². The van der Waals surface area contributed by atoms with E-state index in [1.807, 2.05) is 0 Å². The summed E-state index contributed by atoms with van der Waals surface area (Å²) in [6.45, 7) is 2.70. The molecule has 3 aromatic rings. The van der Waals surface area contributed by atoms with E-state index in [4.69, 9.17) is 9.47 Å². The quantitative estimate of drug-likeness (QED) is 0.531. The minimum atomic E-state index is -3.69. The Kier molecular flexibility index (Phi) is 6.66. The van der Waals surface area contributed by atoms with E-state index in [1.54, 1.807) is 48.5 Å². The lowest BCUT2D eigenvalue weighted by Gasteiger charge is -2.10. The summed E-state index contributed by atoms with van der Waals surface area (Å²) >= 11 is 0. The number of nitrogens with zero attached hydrogens (tertiary/aromatic N) is 2. The average Bonchev–Trinajstić information content (AvgIpc) is 2.75. The topological polar surface area (TPSA) is 90.4 Å². The van der Waals surface area contributed by atoms with E-state index in [0.29, 0.717) is 29.6 Å². The lowest BCUT2D eigenvalue weighted by Crippen LogP contribution is -2.12. The third-order valence-corrected chi connectivity index (χ3v) is 5.58. The number of unbranched alkanes of at least 4 members (excludes halogenated alkanes) is 1. The van der Waals surface area contributed by atoms with Crippen LogP contribution in [0.15, 0.2) is 65.6 Å². The van der Waals surface area contributed by atoms with E-state index in [-0.39, 0.29) is 4.90 Å². The molecule has 0 fully saturated rings. The van der Waals surface area contributed by atoms with Crippen LogP contribution in [0.2, 0.25) is 0 Å². The summed E-state index contributed by atoms with van der Waals surface area (Å²) in [7, 11) is -2.17. The van der Waals surface area contributed by atoms with Crippen LogP contribution in [-0.4, -0.2) is 32.3 Å². The smallest absolute Gasteiger partial charge is 0.261 e. The SMILES string of the molecule is CCCCOc1ccc(S(=O)(=O)Nc2ccc(-c3ccc(OC)nn3)cc2)cc1. The van der Waals surface area contributed by atoms with Crippen LogP contribution in [0.4, 0.5) is 5.69 Å². The Labute approximate surface area is 170 Å². The molecular weight excluding hydrogens is 390 g/mol. The molecule has 8 heteroatoms. The highest BCUT2D eigenvalue weighted by Gasteiger charge is 2.14. The first-order chi connectivity index (χ1) is 14.0. The summed E-state index contributed by atoms with van der Waals surface area (Å²) in [5.41, 5.74) is 1.94. The Bertz CT molecular complexity index is 1020. The van der Waals surface area contributed by atoms with Gasteiger partial charge in [-0.25, -0.2) is 8.42 Å². The molecule has 0 spiro atoms. The summed E-state index contributed by atoms with van der Waals surface area (Å²) in [6, 6.07) is 16.8. The predicted octanol–water partition coefficient (Wildman–Crippen LogP) is 4.13. The van der Waals surface area contributed by atoms with Gasteiger partial charge in [-0.05, 0) is 48.9 Å². The molecule has 7 nitrogen and oxygen atoms in total. The summed E-state index contributed by atoms with van der Waals surface area (Å²) in [6.07, 6.45) is 2.00. The van der Waals surface area contributed by atoms with Gasteiger partial charge >= 0.3 is 0 Å². The molecular formula is C21H23N3O4S. The van der Waals surface area contributed by atoms with Gasteiger partial charge in [-0.15, -0.1) is 10.2 Å². The Morgan fingerprint density at radius 2 is 1.66 bits per heavy atom. The van der Waals surface area contributed by atoms with E-state index >= 15 is 0 Å². The molecule has 152 valence electrons. The molecule has 0 saturated heterocycles. The minimum absolute atomic E-state index is 0.172. The molecule has 0 unspecified atom stereocenters. The van der Waals surface area contributed by atoms with Crippen molar-refractivity contribution in [1.29, 1.82) is 0 Å². The van der Waals surface area contributed by atoms with Crippen LogP contribution in [0.25, 0.3) is 11.3 Å². The van der Waals surface area contributed by atoms with Crippen molar-refractivity contribution in [2.24, 2.45) is 0 Å². The molecule has 0 atom stereocenters. The van der Waals surface area contributed by atoms with Gasteiger partial charge in [-0.3, -0.25) is 4.72 Å². The van der Waals surface area contributed by atoms with Crippen molar-refractivity contribution in [2.45, 2.75) is 24.7 Å². The number of aromatic nitrogens is 2. The first-order valence-electron chi connectivity index (χ1n) is 9.25. The van der Waals surface area contributed by atoms with Crippen molar-refractivity contribution in [2.75, 3.05) is 18.4 Å². The van der Waals surface area contributed by atoms with Crippen molar-refractivity contribution in [3.8, 4) is 22.9 Å². The fourth-order valence-corrected chi connectivity index (χ4v) is 3.61. The molecule has 0 aliphatic carbocycles. The van der Waals surface area contributed by atoms with Gasteiger partial charge in [0.15, 0.2) is 0 Å². The standard InChI is InChI=1S/C21H23N3O4S/c1-3-4-15-28-18-9-11-19(12-10-18)29(25,26)24-17-7-5-16(6-8-17)20-13-14-21(27-2)23-22-20/h5-14,24H,3-4,15H2,1-2H3. The van der Waals surface area contributed by atoms with E-state index in [2.05, 4.69) is 21.8 Å². The number of hydrogen-bond acceptors (Lipinski definition) is 6. The lowest BCUT2D eigenvalue weighted by atomic mass is 10.1. The molecule has 0 bridgehead atoms. The lowest BCUT2D eigenvalue weighted by molar-refractivity contribution is 0.309. The summed E-state index contributed by atoms with van der Waals surface area (Å²) < 4.78 is 38.4. The minimum Gasteiger partial charge on any atom is -0.494 e. The molecule has 0 radical (unpaired) electrons. The maximum Gasteiger partial charge on any atom is 0.261 e.